The SMILES string of the molecule is NCCCCCSCCCCCCCCCCCC(=O)O. The fourth-order valence-corrected chi connectivity index (χ4v) is 3.37. The standard InChI is InChI=1S/C17H35NO2S/c18-14-10-8-12-16-21-15-11-7-5-3-1-2-4-6-9-13-17(19)20/h1-16,18H2,(H,19,20). The van der Waals surface area contributed by atoms with E-state index in [4.69, 9.17) is 10.8 Å². The Balaban J connectivity index is 2.95. The summed E-state index contributed by atoms with van der Waals surface area (Å²) in [6.07, 6.45) is 15.3. The quantitative estimate of drug-likeness (QED) is 0.377. The van der Waals surface area contributed by atoms with Crippen LogP contribution < -0.4 is 5.73 Å². The summed E-state index contributed by atoms with van der Waals surface area (Å²) in [4.78, 5) is 10.3. The van der Waals surface area contributed by atoms with Gasteiger partial charge in [0.2, 0.25) is 0 Å². The molecule has 0 amide bonds. The van der Waals surface area contributed by atoms with Crippen LogP contribution in [0.25, 0.3) is 0 Å². The van der Waals surface area contributed by atoms with E-state index in [0.717, 1.165) is 19.4 Å². The van der Waals surface area contributed by atoms with Crippen molar-refractivity contribution in [3.05, 3.63) is 0 Å². The highest BCUT2D eigenvalue weighted by Gasteiger charge is 1.97. The van der Waals surface area contributed by atoms with E-state index in [1.807, 2.05) is 0 Å². The predicted octanol–water partition coefficient (Wildman–Crippen LogP) is 4.83. The largest absolute Gasteiger partial charge is 0.481 e. The third-order valence-corrected chi connectivity index (χ3v) is 4.83. The second-order valence-corrected chi connectivity index (χ2v) is 7.01. The lowest BCUT2D eigenvalue weighted by atomic mass is 10.1. The topological polar surface area (TPSA) is 63.3 Å². The van der Waals surface area contributed by atoms with Crippen LogP contribution in [-0.2, 0) is 4.79 Å². The molecule has 0 unspecified atom stereocenters. The van der Waals surface area contributed by atoms with Crippen LogP contribution in [-0.4, -0.2) is 29.1 Å². The van der Waals surface area contributed by atoms with Crippen molar-refractivity contribution in [2.45, 2.75) is 83.5 Å². The predicted molar refractivity (Wildman–Crippen MR) is 94.0 cm³/mol. The fraction of sp³-hybridized carbons (Fsp3) is 0.941. The van der Waals surface area contributed by atoms with Crippen molar-refractivity contribution in [2.75, 3.05) is 18.1 Å². The molecule has 0 aliphatic heterocycles. The number of hydrogen-bond acceptors (Lipinski definition) is 3. The Morgan fingerprint density at radius 3 is 1.62 bits per heavy atom. The molecule has 0 spiro atoms. The van der Waals surface area contributed by atoms with Gasteiger partial charge in [0.05, 0.1) is 0 Å². The lowest BCUT2D eigenvalue weighted by molar-refractivity contribution is -0.137. The third-order valence-electron chi connectivity index (χ3n) is 3.67. The van der Waals surface area contributed by atoms with Crippen LogP contribution in [0.4, 0.5) is 0 Å². The smallest absolute Gasteiger partial charge is 0.303 e. The maximum Gasteiger partial charge on any atom is 0.303 e. The van der Waals surface area contributed by atoms with Gasteiger partial charge in [-0.15, -0.1) is 0 Å². The first-order valence-electron chi connectivity index (χ1n) is 8.77. The number of rotatable bonds is 17. The van der Waals surface area contributed by atoms with Crippen LogP contribution in [0.3, 0.4) is 0 Å². The zero-order valence-corrected chi connectivity index (χ0v) is 14.5. The van der Waals surface area contributed by atoms with Crippen molar-refractivity contribution in [1.29, 1.82) is 0 Å². The van der Waals surface area contributed by atoms with Gasteiger partial charge in [-0.3, -0.25) is 4.79 Å². The van der Waals surface area contributed by atoms with Gasteiger partial charge in [0.1, 0.15) is 0 Å². The monoisotopic (exact) mass is 317 g/mol. The van der Waals surface area contributed by atoms with E-state index in [0.29, 0.717) is 6.42 Å². The summed E-state index contributed by atoms with van der Waals surface area (Å²) in [6.45, 7) is 0.838. The number of unbranched alkanes of at least 4 members (excludes halogenated alkanes) is 10. The van der Waals surface area contributed by atoms with Crippen molar-refractivity contribution in [1.82, 2.24) is 0 Å². The summed E-state index contributed by atoms with van der Waals surface area (Å²) in [6, 6.07) is 0. The van der Waals surface area contributed by atoms with Crippen LogP contribution in [0.1, 0.15) is 83.5 Å². The molecule has 0 saturated heterocycles. The maximum absolute atomic E-state index is 10.3. The van der Waals surface area contributed by atoms with Gasteiger partial charge in [-0.25, -0.2) is 0 Å². The zero-order chi connectivity index (χ0) is 15.6. The molecule has 126 valence electrons. The Bertz CT molecular complexity index is 225. The van der Waals surface area contributed by atoms with Gasteiger partial charge in [-0.1, -0.05) is 51.4 Å². The number of hydrogen-bond donors (Lipinski definition) is 2. The number of carboxylic acid groups (broad SMARTS) is 1. The lowest BCUT2D eigenvalue weighted by Gasteiger charge is -2.03. The van der Waals surface area contributed by atoms with Crippen molar-refractivity contribution in [3.63, 3.8) is 0 Å². The summed E-state index contributed by atoms with van der Waals surface area (Å²) in [5, 5.41) is 8.52. The van der Waals surface area contributed by atoms with Gasteiger partial charge in [0.25, 0.3) is 0 Å². The van der Waals surface area contributed by atoms with E-state index >= 15 is 0 Å². The molecule has 3 N–H and O–H groups in total. The van der Waals surface area contributed by atoms with E-state index < -0.39 is 5.97 Å². The summed E-state index contributed by atoms with van der Waals surface area (Å²) < 4.78 is 0. The minimum atomic E-state index is -0.660. The van der Waals surface area contributed by atoms with E-state index in [-0.39, 0.29) is 0 Å². The Morgan fingerprint density at radius 2 is 1.14 bits per heavy atom. The van der Waals surface area contributed by atoms with Crippen LogP contribution >= 0.6 is 11.8 Å². The fourth-order valence-electron chi connectivity index (χ4n) is 2.35. The summed E-state index contributed by atoms with van der Waals surface area (Å²) in [5.41, 5.74) is 5.46. The molecule has 0 aromatic rings. The Labute approximate surface area is 135 Å². The molecule has 0 aromatic heterocycles. The molecular formula is C17H35NO2S. The molecule has 3 nitrogen and oxygen atoms in total. The minimum Gasteiger partial charge on any atom is -0.481 e. The molecule has 0 aliphatic rings. The highest BCUT2D eigenvalue weighted by atomic mass is 32.2. The van der Waals surface area contributed by atoms with E-state index in [2.05, 4.69) is 11.8 Å². The first-order valence-corrected chi connectivity index (χ1v) is 9.92. The third kappa shape index (κ3) is 19.8. The minimum absolute atomic E-state index is 0.337. The van der Waals surface area contributed by atoms with Crippen molar-refractivity contribution >= 4 is 17.7 Å². The molecular weight excluding hydrogens is 282 g/mol. The van der Waals surface area contributed by atoms with Gasteiger partial charge in [0.15, 0.2) is 0 Å². The molecule has 0 aliphatic carbocycles. The number of thioether (sulfide) groups is 1. The first kappa shape index (κ1) is 20.8. The molecule has 0 bridgehead atoms. The van der Waals surface area contributed by atoms with Crippen LogP contribution in [0.15, 0.2) is 0 Å². The van der Waals surface area contributed by atoms with Gasteiger partial charge >= 0.3 is 5.97 Å². The summed E-state index contributed by atoms with van der Waals surface area (Å²) in [7, 11) is 0. The molecule has 21 heavy (non-hydrogen) atoms. The number of nitrogens with two attached hydrogens (primary N) is 1. The average molecular weight is 318 g/mol. The van der Waals surface area contributed by atoms with Crippen LogP contribution in [0.2, 0.25) is 0 Å². The van der Waals surface area contributed by atoms with Gasteiger partial charge in [0, 0.05) is 6.42 Å². The lowest BCUT2D eigenvalue weighted by Crippen LogP contribution is -1.98. The summed E-state index contributed by atoms with van der Waals surface area (Å²) in [5.74, 6) is 1.96. The van der Waals surface area contributed by atoms with E-state index in [9.17, 15) is 4.79 Å². The molecule has 0 radical (unpaired) electrons. The molecule has 0 atom stereocenters. The Morgan fingerprint density at radius 1 is 0.714 bits per heavy atom. The maximum atomic E-state index is 10.3. The van der Waals surface area contributed by atoms with Gasteiger partial charge in [-0.05, 0) is 43.7 Å². The van der Waals surface area contributed by atoms with Crippen LogP contribution in [0.5, 0.6) is 0 Å². The Kier molecular flexibility index (Phi) is 17.6. The average Bonchev–Trinajstić information content (AvgIpc) is 2.46. The molecule has 0 saturated carbocycles. The molecule has 0 heterocycles. The molecule has 0 aromatic carbocycles. The highest BCUT2D eigenvalue weighted by Crippen LogP contribution is 2.13. The van der Waals surface area contributed by atoms with Crippen molar-refractivity contribution < 1.29 is 9.90 Å². The number of carbonyl (C=O) groups is 1. The van der Waals surface area contributed by atoms with E-state index in [1.54, 1.807) is 0 Å². The normalized spacial score (nSPS) is 10.9. The van der Waals surface area contributed by atoms with Gasteiger partial charge in [-0.2, -0.15) is 11.8 Å². The molecule has 0 rings (SSSR count). The van der Waals surface area contributed by atoms with Crippen molar-refractivity contribution in [3.8, 4) is 0 Å². The van der Waals surface area contributed by atoms with Crippen LogP contribution in [0, 0.1) is 0 Å². The van der Waals surface area contributed by atoms with Crippen molar-refractivity contribution in [2.24, 2.45) is 5.73 Å². The zero-order valence-electron chi connectivity index (χ0n) is 13.7. The molecule has 0 fully saturated rings. The second kappa shape index (κ2) is 17.8. The number of carboxylic acids is 1. The Hall–Kier alpha value is -0.220. The number of aliphatic carboxylic acids is 1. The molecule has 4 heteroatoms. The second-order valence-electron chi connectivity index (χ2n) is 5.79. The highest BCUT2D eigenvalue weighted by molar-refractivity contribution is 7.99. The first-order chi connectivity index (χ1) is 10.3. The van der Waals surface area contributed by atoms with E-state index in [1.165, 1.54) is 75.7 Å². The van der Waals surface area contributed by atoms with Gasteiger partial charge < -0.3 is 10.8 Å². The summed E-state index contributed by atoms with van der Waals surface area (Å²) >= 11 is 2.09.